The van der Waals surface area contributed by atoms with E-state index in [4.69, 9.17) is 0 Å². The zero-order valence-corrected chi connectivity index (χ0v) is 15.1. The number of imidazole rings is 1. The van der Waals surface area contributed by atoms with Crippen LogP contribution in [0.25, 0.3) is 22.0 Å². The molecule has 5 heteroatoms. The number of carbonyl (C=O) groups is 1. The summed E-state index contributed by atoms with van der Waals surface area (Å²) in [6, 6.07) is 12.1. The SMILES string of the molecule is Cc1ccc(C(=O)Cc2cc3cc(-c4cncn4C)ccc3cn2)n1C. The molecule has 0 fully saturated rings. The predicted molar refractivity (Wildman–Crippen MR) is 102 cm³/mol. The van der Waals surface area contributed by atoms with Crippen LogP contribution >= 0.6 is 0 Å². The fourth-order valence-electron chi connectivity index (χ4n) is 3.23. The molecule has 0 bridgehead atoms. The van der Waals surface area contributed by atoms with Crippen molar-refractivity contribution in [1.29, 1.82) is 0 Å². The third-order valence-electron chi connectivity index (χ3n) is 4.89. The lowest BCUT2D eigenvalue weighted by atomic mass is 10.0. The minimum atomic E-state index is 0.0789. The van der Waals surface area contributed by atoms with Crippen molar-refractivity contribution in [3.8, 4) is 11.3 Å². The number of benzene rings is 1. The molecule has 0 N–H and O–H groups in total. The van der Waals surface area contributed by atoms with Crippen LogP contribution in [-0.2, 0) is 20.5 Å². The fraction of sp³-hybridized carbons (Fsp3) is 0.190. The Labute approximate surface area is 151 Å². The van der Waals surface area contributed by atoms with Crippen molar-refractivity contribution < 1.29 is 4.79 Å². The van der Waals surface area contributed by atoms with E-state index in [0.717, 1.165) is 33.4 Å². The first-order valence-electron chi connectivity index (χ1n) is 8.54. The van der Waals surface area contributed by atoms with Gasteiger partial charge >= 0.3 is 0 Å². The van der Waals surface area contributed by atoms with Crippen LogP contribution in [0.15, 0.2) is 55.1 Å². The Morgan fingerprint density at radius 3 is 2.58 bits per heavy atom. The zero-order valence-electron chi connectivity index (χ0n) is 15.1. The van der Waals surface area contributed by atoms with Crippen molar-refractivity contribution in [2.24, 2.45) is 14.1 Å². The Morgan fingerprint density at radius 1 is 1.04 bits per heavy atom. The Bertz CT molecular complexity index is 1120. The molecule has 0 amide bonds. The van der Waals surface area contributed by atoms with Gasteiger partial charge in [-0.1, -0.05) is 12.1 Å². The molecule has 26 heavy (non-hydrogen) atoms. The number of hydrogen-bond acceptors (Lipinski definition) is 3. The van der Waals surface area contributed by atoms with Crippen molar-refractivity contribution in [3.05, 3.63) is 72.2 Å². The van der Waals surface area contributed by atoms with E-state index in [1.54, 1.807) is 6.33 Å². The quantitative estimate of drug-likeness (QED) is 0.530. The summed E-state index contributed by atoms with van der Waals surface area (Å²) in [5, 5.41) is 2.13. The summed E-state index contributed by atoms with van der Waals surface area (Å²) < 4.78 is 3.91. The van der Waals surface area contributed by atoms with Gasteiger partial charge in [0.25, 0.3) is 0 Å². The monoisotopic (exact) mass is 344 g/mol. The number of fused-ring (bicyclic) bond motifs is 1. The minimum Gasteiger partial charge on any atom is -0.346 e. The van der Waals surface area contributed by atoms with Gasteiger partial charge in [-0.25, -0.2) is 4.98 Å². The number of hydrogen-bond donors (Lipinski definition) is 0. The van der Waals surface area contributed by atoms with Gasteiger partial charge in [0.15, 0.2) is 5.78 Å². The smallest absolute Gasteiger partial charge is 0.185 e. The van der Waals surface area contributed by atoms with E-state index in [0.29, 0.717) is 12.1 Å². The van der Waals surface area contributed by atoms with Gasteiger partial charge in [0.2, 0.25) is 0 Å². The molecule has 1 aromatic carbocycles. The number of pyridine rings is 1. The van der Waals surface area contributed by atoms with Crippen LogP contribution in [0.5, 0.6) is 0 Å². The maximum Gasteiger partial charge on any atom is 0.185 e. The van der Waals surface area contributed by atoms with Crippen LogP contribution in [-0.4, -0.2) is 24.9 Å². The Hall–Kier alpha value is -3.21. The van der Waals surface area contributed by atoms with Crippen LogP contribution in [0, 0.1) is 6.92 Å². The van der Waals surface area contributed by atoms with E-state index in [9.17, 15) is 4.79 Å². The van der Waals surface area contributed by atoms with Crippen LogP contribution in [0.3, 0.4) is 0 Å². The highest BCUT2D eigenvalue weighted by Crippen LogP contribution is 2.24. The van der Waals surface area contributed by atoms with Crippen molar-refractivity contribution in [1.82, 2.24) is 19.1 Å². The highest BCUT2D eigenvalue weighted by Gasteiger charge is 2.13. The van der Waals surface area contributed by atoms with Crippen molar-refractivity contribution in [3.63, 3.8) is 0 Å². The summed E-state index contributed by atoms with van der Waals surface area (Å²) >= 11 is 0. The molecular formula is C21H20N4O. The molecule has 0 radical (unpaired) electrons. The van der Waals surface area contributed by atoms with E-state index >= 15 is 0 Å². The molecule has 4 aromatic rings. The predicted octanol–water partition coefficient (Wildman–Crippen LogP) is 3.71. The molecule has 0 saturated carbocycles. The number of aromatic nitrogens is 4. The van der Waals surface area contributed by atoms with Gasteiger partial charge in [-0.3, -0.25) is 9.78 Å². The molecule has 0 aliphatic carbocycles. The standard InChI is InChI=1S/C21H20N4O/c1-14-4-7-19(25(14)3)21(26)10-18-9-17-8-15(5-6-16(17)11-23-18)20-12-22-13-24(20)2/h4-9,11-13H,10H2,1-3H3. The van der Waals surface area contributed by atoms with Gasteiger partial charge in [0.1, 0.15) is 0 Å². The second-order valence-electron chi connectivity index (χ2n) is 6.65. The molecular weight excluding hydrogens is 324 g/mol. The number of aryl methyl sites for hydroxylation is 2. The molecule has 5 nitrogen and oxygen atoms in total. The topological polar surface area (TPSA) is 52.7 Å². The average molecular weight is 344 g/mol. The number of carbonyl (C=O) groups excluding carboxylic acids is 1. The van der Waals surface area contributed by atoms with E-state index < -0.39 is 0 Å². The maximum absolute atomic E-state index is 12.6. The first kappa shape index (κ1) is 16.3. The minimum absolute atomic E-state index is 0.0789. The summed E-state index contributed by atoms with van der Waals surface area (Å²) in [6.45, 7) is 1.99. The Morgan fingerprint density at radius 2 is 1.88 bits per heavy atom. The van der Waals surface area contributed by atoms with Crippen molar-refractivity contribution >= 4 is 16.6 Å². The second-order valence-corrected chi connectivity index (χ2v) is 6.65. The lowest BCUT2D eigenvalue weighted by Crippen LogP contribution is -2.10. The second kappa shape index (κ2) is 6.26. The van der Waals surface area contributed by atoms with Gasteiger partial charge in [-0.2, -0.15) is 0 Å². The van der Waals surface area contributed by atoms with E-state index in [1.165, 1.54) is 0 Å². The van der Waals surface area contributed by atoms with Gasteiger partial charge < -0.3 is 9.13 Å². The summed E-state index contributed by atoms with van der Waals surface area (Å²) in [5.41, 5.74) is 4.72. The molecule has 0 spiro atoms. The molecule has 0 atom stereocenters. The van der Waals surface area contributed by atoms with Crippen LogP contribution < -0.4 is 0 Å². The first-order valence-corrected chi connectivity index (χ1v) is 8.54. The van der Waals surface area contributed by atoms with Crippen molar-refractivity contribution in [2.75, 3.05) is 0 Å². The number of nitrogens with zero attached hydrogens (tertiary/aromatic N) is 4. The Balaban J connectivity index is 1.67. The lowest BCUT2D eigenvalue weighted by Gasteiger charge is -2.07. The van der Waals surface area contributed by atoms with E-state index in [-0.39, 0.29) is 5.78 Å². The van der Waals surface area contributed by atoms with Crippen LogP contribution in [0.1, 0.15) is 21.9 Å². The summed E-state index contributed by atoms with van der Waals surface area (Å²) in [5.74, 6) is 0.0789. The molecule has 0 unspecified atom stereocenters. The Kier molecular flexibility index (Phi) is 3.92. The van der Waals surface area contributed by atoms with E-state index in [2.05, 4.69) is 28.2 Å². The van der Waals surface area contributed by atoms with E-state index in [1.807, 2.05) is 60.7 Å². The zero-order chi connectivity index (χ0) is 18.3. The van der Waals surface area contributed by atoms with Gasteiger partial charge in [-0.05, 0) is 36.6 Å². The summed E-state index contributed by atoms with van der Waals surface area (Å²) in [6.07, 6.45) is 5.77. The molecule has 3 aromatic heterocycles. The molecule has 3 heterocycles. The lowest BCUT2D eigenvalue weighted by molar-refractivity contribution is 0.0984. The highest BCUT2D eigenvalue weighted by molar-refractivity contribution is 5.96. The average Bonchev–Trinajstić information content (AvgIpc) is 3.20. The third kappa shape index (κ3) is 2.81. The first-order chi connectivity index (χ1) is 12.5. The van der Waals surface area contributed by atoms with Crippen LogP contribution in [0.4, 0.5) is 0 Å². The molecule has 4 rings (SSSR count). The molecule has 0 saturated heterocycles. The highest BCUT2D eigenvalue weighted by atomic mass is 16.1. The number of rotatable bonds is 4. The van der Waals surface area contributed by atoms with Crippen LogP contribution in [0.2, 0.25) is 0 Å². The normalized spacial score (nSPS) is 11.2. The summed E-state index contributed by atoms with van der Waals surface area (Å²) in [4.78, 5) is 21.3. The van der Waals surface area contributed by atoms with Crippen molar-refractivity contribution in [2.45, 2.75) is 13.3 Å². The number of ketones is 1. The van der Waals surface area contributed by atoms with Gasteiger partial charge in [0, 0.05) is 42.6 Å². The summed E-state index contributed by atoms with van der Waals surface area (Å²) in [7, 11) is 3.89. The largest absolute Gasteiger partial charge is 0.346 e. The molecule has 0 aliphatic heterocycles. The maximum atomic E-state index is 12.6. The third-order valence-corrected chi connectivity index (χ3v) is 4.89. The van der Waals surface area contributed by atoms with Gasteiger partial charge in [-0.15, -0.1) is 0 Å². The fourth-order valence-corrected chi connectivity index (χ4v) is 3.23. The molecule has 0 aliphatic rings. The number of Topliss-reactive ketones (excluding diaryl/α,β-unsaturated/α-hetero) is 1. The molecule has 130 valence electrons. The van der Waals surface area contributed by atoms with Gasteiger partial charge in [0.05, 0.1) is 30.3 Å².